The summed E-state index contributed by atoms with van der Waals surface area (Å²) in [5.74, 6) is 0. The zero-order valence-corrected chi connectivity index (χ0v) is 14.3. The molecule has 0 radical (unpaired) electrons. The van der Waals surface area contributed by atoms with Gasteiger partial charge < -0.3 is 4.42 Å². The molecular weight excluding hydrogens is 334 g/mol. The fraction of sp³-hybridized carbons (Fsp3) is 0. The fourth-order valence-corrected chi connectivity index (χ4v) is 3.29. The maximum atomic E-state index is 9.07. The number of hydrogen-bond donors (Lipinski definition) is 0. The van der Waals surface area contributed by atoms with Gasteiger partial charge in [0.15, 0.2) is 0 Å². The topological polar surface area (TPSA) is 62.7 Å². The van der Waals surface area contributed by atoms with E-state index in [4.69, 9.17) is 14.7 Å². The number of furan rings is 1. The minimum atomic E-state index is 0.381. The van der Waals surface area contributed by atoms with Crippen molar-refractivity contribution in [3.63, 3.8) is 0 Å². The van der Waals surface area contributed by atoms with Crippen LogP contribution in [0.15, 0.2) is 83.4 Å². The van der Waals surface area contributed by atoms with Gasteiger partial charge in [0.2, 0.25) is 0 Å². The second-order valence-corrected chi connectivity index (χ2v) is 6.26. The van der Waals surface area contributed by atoms with Gasteiger partial charge in [-0.05, 0) is 48.5 Å². The van der Waals surface area contributed by atoms with E-state index in [0.717, 1.165) is 44.5 Å². The maximum absolute atomic E-state index is 9.07. The monoisotopic (exact) mass is 347 g/mol. The number of benzene rings is 2. The van der Waals surface area contributed by atoms with Crippen molar-refractivity contribution in [3.8, 4) is 28.6 Å². The first-order valence-electron chi connectivity index (χ1n) is 8.57. The highest BCUT2D eigenvalue weighted by molar-refractivity contribution is 6.06. The molecule has 0 atom stereocenters. The van der Waals surface area contributed by atoms with Crippen LogP contribution in [0.4, 0.5) is 0 Å². The van der Waals surface area contributed by atoms with Gasteiger partial charge in [0.25, 0.3) is 0 Å². The Kier molecular flexibility index (Phi) is 3.44. The molecule has 0 fully saturated rings. The van der Waals surface area contributed by atoms with Gasteiger partial charge in [-0.25, -0.2) is 9.97 Å². The second kappa shape index (κ2) is 6.08. The van der Waals surface area contributed by atoms with Gasteiger partial charge >= 0.3 is 0 Å². The molecule has 0 bridgehead atoms. The predicted octanol–water partition coefficient (Wildman–Crippen LogP) is 5.58. The van der Waals surface area contributed by atoms with Crippen LogP contribution in [0.25, 0.3) is 44.5 Å². The Morgan fingerprint density at radius 2 is 1.52 bits per heavy atom. The molecule has 0 spiro atoms. The van der Waals surface area contributed by atoms with Crippen LogP contribution in [0, 0.1) is 11.3 Å². The number of nitriles is 1. The fourth-order valence-electron chi connectivity index (χ4n) is 3.29. The van der Waals surface area contributed by atoms with Gasteiger partial charge in [-0.15, -0.1) is 0 Å². The summed E-state index contributed by atoms with van der Waals surface area (Å²) in [5, 5.41) is 11.2. The quantitative estimate of drug-likeness (QED) is 0.418. The third kappa shape index (κ3) is 2.62. The molecule has 5 aromatic rings. The van der Waals surface area contributed by atoms with Gasteiger partial charge in [0.05, 0.1) is 11.4 Å². The molecule has 0 aliphatic heterocycles. The normalized spacial score (nSPS) is 10.9. The summed E-state index contributed by atoms with van der Waals surface area (Å²) in [4.78, 5) is 8.81. The van der Waals surface area contributed by atoms with Crippen LogP contribution in [-0.4, -0.2) is 9.97 Å². The zero-order chi connectivity index (χ0) is 18.2. The number of pyridine rings is 2. The van der Waals surface area contributed by atoms with Crippen LogP contribution in [0.5, 0.6) is 0 Å². The Labute approximate surface area is 155 Å². The summed E-state index contributed by atoms with van der Waals surface area (Å²) in [5.41, 5.74) is 5.70. The minimum absolute atomic E-state index is 0.381. The van der Waals surface area contributed by atoms with Crippen LogP contribution in [-0.2, 0) is 0 Å². The van der Waals surface area contributed by atoms with Crippen molar-refractivity contribution in [1.82, 2.24) is 9.97 Å². The summed E-state index contributed by atoms with van der Waals surface area (Å²) < 4.78 is 5.90. The van der Waals surface area contributed by atoms with Gasteiger partial charge in [-0.1, -0.05) is 24.3 Å². The molecule has 0 aliphatic carbocycles. The number of hydrogen-bond acceptors (Lipinski definition) is 4. The summed E-state index contributed by atoms with van der Waals surface area (Å²) >= 11 is 0. The molecule has 27 heavy (non-hydrogen) atoms. The standard InChI is InChI=1S/C23H13N3O/c24-14-17-12-16(10-11-25-17)21-6-3-5-20(26-21)15-8-9-23-19(13-15)18-4-1-2-7-22(18)27-23/h1-13H. The van der Waals surface area contributed by atoms with Crippen molar-refractivity contribution in [1.29, 1.82) is 5.26 Å². The first kappa shape index (κ1) is 15.3. The van der Waals surface area contributed by atoms with Crippen LogP contribution in [0.3, 0.4) is 0 Å². The smallest absolute Gasteiger partial charge is 0.141 e. The molecule has 0 saturated heterocycles. The lowest BCUT2D eigenvalue weighted by atomic mass is 10.1. The molecule has 0 saturated carbocycles. The van der Waals surface area contributed by atoms with Gasteiger partial charge in [0.1, 0.15) is 22.9 Å². The Morgan fingerprint density at radius 3 is 2.37 bits per heavy atom. The average molecular weight is 347 g/mol. The van der Waals surface area contributed by atoms with Crippen molar-refractivity contribution in [2.45, 2.75) is 0 Å². The molecule has 0 aliphatic rings. The van der Waals surface area contributed by atoms with Gasteiger partial charge in [0, 0.05) is 28.1 Å². The van der Waals surface area contributed by atoms with E-state index in [2.05, 4.69) is 23.2 Å². The summed E-state index contributed by atoms with van der Waals surface area (Å²) in [6.45, 7) is 0. The Hall–Kier alpha value is -3.97. The van der Waals surface area contributed by atoms with Crippen LogP contribution >= 0.6 is 0 Å². The first-order valence-corrected chi connectivity index (χ1v) is 8.57. The molecule has 0 N–H and O–H groups in total. The molecule has 0 unspecified atom stereocenters. The number of fused-ring (bicyclic) bond motifs is 3. The van der Waals surface area contributed by atoms with Crippen molar-refractivity contribution in [3.05, 3.63) is 84.7 Å². The molecule has 5 rings (SSSR count). The molecular formula is C23H13N3O. The van der Waals surface area contributed by atoms with E-state index in [0.29, 0.717) is 5.69 Å². The minimum Gasteiger partial charge on any atom is -0.456 e. The molecule has 4 heteroatoms. The molecule has 126 valence electrons. The van der Waals surface area contributed by atoms with Gasteiger partial charge in [-0.2, -0.15) is 5.26 Å². The molecule has 2 aromatic carbocycles. The van der Waals surface area contributed by atoms with Crippen molar-refractivity contribution >= 4 is 21.9 Å². The lowest BCUT2D eigenvalue weighted by molar-refractivity contribution is 0.669. The lowest BCUT2D eigenvalue weighted by Gasteiger charge is -2.05. The molecule has 3 aromatic heterocycles. The average Bonchev–Trinajstić information content (AvgIpc) is 3.12. The SMILES string of the molecule is N#Cc1cc(-c2cccc(-c3ccc4oc5ccccc5c4c3)n2)ccn1. The summed E-state index contributed by atoms with van der Waals surface area (Å²) in [6.07, 6.45) is 1.63. The number of nitrogens with zero attached hydrogens (tertiary/aromatic N) is 3. The second-order valence-electron chi connectivity index (χ2n) is 6.26. The highest BCUT2D eigenvalue weighted by Crippen LogP contribution is 2.32. The number of aromatic nitrogens is 2. The Bertz CT molecular complexity index is 1340. The molecule has 0 amide bonds. The van der Waals surface area contributed by atoms with E-state index >= 15 is 0 Å². The maximum Gasteiger partial charge on any atom is 0.141 e. The van der Waals surface area contributed by atoms with E-state index in [1.807, 2.05) is 54.6 Å². The highest BCUT2D eigenvalue weighted by atomic mass is 16.3. The first-order chi connectivity index (χ1) is 13.3. The number of para-hydroxylation sites is 1. The van der Waals surface area contributed by atoms with E-state index < -0.39 is 0 Å². The van der Waals surface area contributed by atoms with Crippen molar-refractivity contribution in [2.75, 3.05) is 0 Å². The van der Waals surface area contributed by atoms with E-state index in [9.17, 15) is 0 Å². The van der Waals surface area contributed by atoms with E-state index in [1.54, 1.807) is 12.3 Å². The zero-order valence-electron chi connectivity index (χ0n) is 14.3. The third-order valence-corrected chi connectivity index (χ3v) is 4.59. The van der Waals surface area contributed by atoms with Crippen LogP contribution < -0.4 is 0 Å². The lowest BCUT2D eigenvalue weighted by Crippen LogP contribution is -1.89. The largest absolute Gasteiger partial charge is 0.456 e. The predicted molar refractivity (Wildman–Crippen MR) is 105 cm³/mol. The van der Waals surface area contributed by atoms with E-state index in [1.165, 1.54) is 0 Å². The van der Waals surface area contributed by atoms with Gasteiger partial charge in [-0.3, -0.25) is 0 Å². The summed E-state index contributed by atoms with van der Waals surface area (Å²) in [6, 6.07) is 25.7. The van der Waals surface area contributed by atoms with Crippen LogP contribution in [0.2, 0.25) is 0 Å². The molecule has 4 nitrogen and oxygen atoms in total. The highest BCUT2D eigenvalue weighted by Gasteiger charge is 2.09. The summed E-state index contributed by atoms with van der Waals surface area (Å²) in [7, 11) is 0. The number of rotatable bonds is 2. The van der Waals surface area contributed by atoms with E-state index in [-0.39, 0.29) is 0 Å². The van der Waals surface area contributed by atoms with Crippen LogP contribution in [0.1, 0.15) is 5.69 Å². The Morgan fingerprint density at radius 1 is 0.741 bits per heavy atom. The molecule has 3 heterocycles. The van der Waals surface area contributed by atoms with Crippen molar-refractivity contribution < 1.29 is 4.42 Å². The van der Waals surface area contributed by atoms with Crippen molar-refractivity contribution in [2.24, 2.45) is 0 Å². The Balaban J connectivity index is 1.64. The third-order valence-electron chi connectivity index (χ3n) is 4.59.